The number of hydrogen-bond donors (Lipinski definition) is 1. The molecule has 0 heterocycles. The van der Waals surface area contributed by atoms with Gasteiger partial charge in [-0.15, -0.1) is 0 Å². The summed E-state index contributed by atoms with van der Waals surface area (Å²) in [7, 11) is 1.80. The Bertz CT molecular complexity index is 1170. The van der Waals surface area contributed by atoms with Gasteiger partial charge in [0.05, 0.1) is 12.7 Å². The van der Waals surface area contributed by atoms with Gasteiger partial charge in [0, 0.05) is 5.56 Å². The number of fused-ring (bicyclic) bond motifs is 1. The van der Waals surface area contributed by atoms with Crippen molar-refractivity contribution in [1.29, 1.82) is 0 Å². The van der Waals surface area contributed by atoms with E-state index in [0.717, 1.165) is 34.3 Å². The molecule has 3 aromatic carbocycles. The van der Waals surface area contributed by atoms with E-state index in [9.17, 15) is 9.90 Å². The summed E-state index contributed by atoms with van der Waals surface area (Å²) in [6, 6.07) is 18.4. The van der Waals surface area contributed by atoms with Crippen LogP contribution >= 0.6 is 0 Å². The second-order valence-electron chi connectivity index (χ2n) is 10.2. The Hall–Kier alpha value is -1.81. The Kier molecular flexibility index (Phi) is 5.64. The molecular formula is C28H29NaO3. The van der Waals surface area contributed by atoms with Crippen LogP contribution in [0.3, 0.4) is 0 Å². The predicted molar refractivity (Wildman–Crippen MR) is 124 cm³/mol. The molecule has 0 amide bonds. The maximum atomic E-state index is 11.3. The van der Waals surface area contributed by atoms with Gasteiger partial charge >= 0.3 is 35.5 Å². The van der Waals surface area contributed by atoms with Crippen molar-refractivity contribution in [2.45, 2.75) is 43.9 Å². The average Bonchev–Trinajstić information content (AvgIpc) is 2.77. The van der Waals surface area contributed by atoms with Crippen molar-refractivity contribution in [2.24, 2.45) is 17.8 Å². The zero-order valence-corrected chi connectivity index (χ0v) is 20.9. The van der Waals surface area contributed by atoms with Gasteiger partial charge in [0.25, 0.3) is 0 Å². The van der Waals surface area contributed by atoms with Crippen LogP contribution in [-0.2, 0) is 5.41 Å². The van der Waals surface area contributed by atoms with Crippen molar-refractivity contribution in [3.8, 4) is 16.9 Å². The van der Waals surface area contributed by atoms with Gasteiger partial charge in [0.1, 0.15) is 5.75 Å². The number of aromatic carboxylic acids is 1. The van der Waals surface area contributed by atoms with E-state index in [-0.39, 0.29) is 36.4 Å². The van der Waals surface area contributed by atoms with Crippen molar-refractivity contribution < 1.29 is 45.6 Å². The monoisotopic (exact) mass is 436 g/mol. The minimum absolute atomic E-state index is 0. The maximum absolute atomic E-state index is 11.3. The smallest absolute Gasteiger partial charge is 1.00 e. The Labute approximate surface area is 212 Å². The molecular weight excluding hydrogens is 407 g/mol. The van der Waals surface area contributed by atoms with E-state index in [1.54, 1.807) is 19.2 Å². The summed E-state index contributed by atoms with van der Waals surface area (Å²) in [6.07, 6.45) is 8.25. The molecule has 32 heavy (non-hydrogen) atoms. The first kappa shape index (κ1) is 22.0. The molecule has 4 aliphatic rings. The summed E-state index contributed by atoms with van der Waals surface area (Å²) in [4.78, 5) is 11.3. The predicted octanol–water partition coefficient (Wildman–Crippen LogP) is 3.80. The van der Waals surface area contributed by atoms with Gasteiger partial charge in [-0.1, -0.05) is 24.3 Å². The van der Waals surface area contributed by atoms with E-state index in [0.29, 0.717) is 5.56 Å². The number of carboxylic acids is 1. The standard InChI is InChI=1S/C28H28O3.Na.H/c1-31-26-7-6-23(21-2-3-22-12-24(27(29)30)5-4-20(22)11-21)13-25(26)28-14-17-8-18(15-28)10-19(9-17)16-28;;/h2-7,11-13,17-19H,8-10,14-16H2,1H3,(H,29,30);;/q;+1;-1. The van der Waals surface area contributed by atoms with Gasteiger partial charge in [0.2, 0.25) is 0 Å². The van der Waals surface area contributed by atoms with Crippen LogP contribution < -0.4 is 34.3 Å². The molecule has 4 heteroatoms. The van der Waals surface area contributed by atoms with E-state index in [2.05, 4.69) is 30.3 Å². The van der Waals surface area contributed by atoms with Gasteiger partial charge in [-0.25, -0.2) is 4.79 Å². The first-order valence-electron chi connectivity index (χ1n) is 11.5. The van der Waals surface area contributed by atoms with E-state index < -0.39 is 5.97 Å². The van der Waals surface area contributed by atoms with Crippen LogP contribution in [0.15, 0.2) is 54.6 Å². The van der Waals surface area contributed by atoms with E-state index in [1.807, 2.05) is 12.1 Å². The first-order chi connectivity index (χ1) is 15.0. The molecule has 0 unspecified atom stereocenters. The summed E-state index contributed by atoms with van der Waals surface area (Å²) in [5.41, 5.74) is 4.41. The summed E-state index contributed by atoms with van der Waals surface area (Å²) < 4.78 is 5.88. The number of benzene rings is 3. The zero-order valence-electron chi connectivity index (χ0n) is 19.9. The van der Waals surface area contributed by atoms with Gasteiger partial charge in [-0.05, 0) is 114 Å². The summed E-state index contributed by atoms with van der Waals surface area (Å²) >= 11 is 0. The molecule has 0 saturated heterocycles. The Morgan fingerprint density at radius 3 is 2.06 bits per heavy atom. The molecule has 3 aromatic rings. The third-order valence-electron chi connectivity index (χ3n) is 8.23. The molecule has 0 aliphatic heterocycles. The minimum atomic E-state index is -0.888. The molecule has 1 N–H and O–H groups in total. The molecule has 4 fully saturated rings. The molecule has 0 radical (unpaired) electrons. The van der Waals surface area contributed by atoms with Crippen LogP contribution in [0.2, 0.25) is 0 Å². The minimum Gasteiger partial charge on any atom is -1.00 e. The second kappa shape index (κ2) is 8.20. The largest absolute Gasteiger partial charge is 1.00 e. The quantitative estimate of drug-likeness (QED) is 0.633. The second-order valence-corrected chi connectivity index (χ2v) is 10.2. The molecule has 4 bridgehead atoms. The first-order valence-corrected chi connectivity index (χ1v) is 11.5. The number of hydrogen-bond acceptors (Lipinski definition) is 2. The van der Waals surface area contributed by atoms with Gasteiger partial charge in [-0.2, -0.15) is 0 Å². The van der Waals surface area contributed by atoms with E-state index >= 15 is 0 Å². The number of carbonyl (C=O) groups is 1. The zero-order chi connectivity index (χ0) is 21.2. The van der Waals surface area contributed by atoms with Gasteiger partial charge in [-0.3, -0.25) is 0 Å². The molecule has 0 spiro atoms. The SMILES string of the molecule is COc1ccc(-c2ccc3cc(C(=O)O)ccc3c2)cc1C12CC3CC(CC(C3)C1)C2.[H-].[Na+]. The molecule has 160 valence electrons. The Morgan fingerprint density at radius 2 is 1.44 bits per heavy atom. The third-order valence-corrected chi connectivity index (χ3v) is 8.23. The van der Waals surface area contributed by atoms with Crippen molar-refractivity contribution in [3.05, 3.63) is 65.7 Å². The van der Waals surface area contributed by atoms with Gasteiger partial charge < -0.3 is 11.3 Å². The van der Waals surface area contributed by atoms with Crippen LogP contribution in [-0.4, -0.2) is 18.2 Å². The fraction of sp³-hybridized carbons (Fsp3) is 0.393. The molecule has 0 aromatic heterocycles. The molecule has 4 saturated carbocycles. The Balaban J connectivity index is 0.00000130. The Morgan fingerprint density at radius 1 is 0.875 bits per heavy atom. The molecule has 4 aliphatic carbocycles. The van der Waals surface area contributed by atoms with E-state index in [1.165, 1.54) is 55.2 Å². The number of ether oxygens (including phenoxy) is 1. The molecule has 7 rings (SSSR count). The molecule has 0 atom stereocenters. The summed E-state index contributed by atoms with van der Waals surface area (Å²) in [5.74, 6) is 2.83. The van der Waals surface area contributed by atoms with Crippen LogP contribution in [0, 0.1) is 17.8 Å². The third kappa shape index (κ3) is 3.59. The van der Waals surface area contributed by atoms with Crippen molar-refractivity contribution >= 4 is 16.7 Å². The summed E-state index contributed by atoms with van der Waals surface area (Å²) in [5, 5.41) is 11.3. The fourth-order valence-corrected chi connectivity index (χ4v) is 7.30. The normalized spacial score (nSPS) is 27.8. The molecule has 3 nitrogen and oxygen atoms in total. The average molecular weight is 437 g/mol. The van der Waals surface area contributed by atoms with Crippen LogP contribution in [0.1, 0.15) is 55.9 Å². The van der Waals surface area contributed by atoms with E-state index in [4.69, 9.17) is 4.74 Å². The number of carboxylic acid groups (broad SMARTS) is 1. The summed E-state index contributed by atoms with van der Waals surface area (Å²) in [6.45, 7) is 0. The van der Waals surface area contributed by atoms with Crippen molar-refractivity contribution in [1.82, 2.24) is 0 Å². The van der Waals surface area contributed by atoms with Crippen molar-refractivity contribution in [2.75, 3.05) is 7.11 Å². The maximum Gasteiger partial charge on any atom is 1.00 e. The topological polar surface area (TPSA) is 46.5 Å². The fourth-order valence-electron chi connectivity index (χ4n) is 7.30. The van der Waals surface area contributed by atoms with Crippen LogP contribution in [0.25, 0.3) is 21.9 Å². The van der Waals surface area contributed by atoms with Crippen LogP contribution in [0.4, 0.5) is 0 Å². The van der Waals surface area contributed by atoms with Crippen molar-refractivity contribution in [3.63, 3.8) is 0 Å². The van der Waals surface area contributed by atoms with Gasteiger partial charge in [0.15, 0.2) is 0 Å². The number of methoxy groups -OCH3 is 1. The van der Waals surface area contributed by atoms with Crippen LogP contribution in [0.5, 0.6) is 5.75 Å². The number of rotatable bonds is 4.